The van der Waals surface area contributed by atoms with E-state index in [-0.39, 0.29) is 0 Å². The minimum absolute atomic E-state index is 0.415. The first-order valence-electron chi connectivity index (χ1n) is 4.42. The van der Waals surface area contributed by atoms with E-state index < -0.39 is 11.0 Å². The lowest BCUT2D eigenvalue weighted by atomic mass is 10.1. The van der Waals surface area contributed by atoms with E-state index in [1.807, 2.05) is 0 Å². The molecule has 0 aliphatic carbocycles. The van der Waals surface area contributed by atoms with Crippen LogP contribution in [0.2, 0.25) is 0 Å². The Bertz CT molecular complexity index is 454. The van der Waals surface area contributed by atoms with E-state index in [1.165, 1.54) is 6.08 Å². The minimum Gasteiger partial charge on any atom is -0.465 e. The Morgan fingerprint density at radius 1 is 1.56 bits per heavy atom. The fourth-order valence-electron chi connectivity index (χ4n) is 1.23. The van der Waals surface area contributed by atoms with Crippen LogP contribution >= 0.6 is 0 Å². The van der Waals surface area contributed by atoms with Crippen LogP contribution in [-0.4, -0.2) is 16.1 Å². The monoisotopic (exact) mass is 222 g/mol. The van der Waals surface area contributed by atoms with Crippen molar-refractivity contribution in [1.82, 2.24) is 0 Å². The first-order valence-corrected chi connectivity index (χ1v) is 4.42. The Kier molecular flexibility index (Phi) is 3.60. The molecule has 0 saturated heterocycles. The van der Waals surface area contributed by atoms with Crippen molar-refractivity contribution in [2.24, 2.45) is 0 Å². The molecule has 6 nitrogen and oxygen atoms in total. The summed E-state index contributed by atoms with van der Waals surface area (Å²) in [7, 11) is 0. The highest BCUT2D eigenvalue weighted by Gasteiger charge is 2.04. The molecule has 84 valence electrons. The Morgan fingerprint density at radius 3 is 2.81 bits per heavy atom. The molecular weight excluding hydrogens is 212 g/mol. The lowest BCUT2D eigenvalue weighted by Gasteiger charge is -2.07. The molecule has 2 N–H and O–H groups in total. The standard InChI is InChI=1S/C10H10N2O4/c1-7-8(5-6-12(15)16)3-2-4-9(7)11-10(13)14/h2-6,11H,1H3,(H,13,14)/b6-5+. The van der Waals surface area contributed by atoms with Crippen LogP contribution in [0.4, 0.5) is 10.5 Å². The molecule has 1 aromatic carbocycles. The van der Waals surface area contributed by atoms with Crippen LogP contribution in [0.5, 0.6) is 0 Å². The number of nitrogens with zero attached hydrogens (tertiary/aromatic N) is 1. The van der Waals surface area contributed by atoms with Gasteiger partial charge in [-0.3, -0.25) is 15.4 Å². The Balaban J connectivity index is 3.03. The molecule has 0 heterocycles. The van der Waals surface area contributed by atoms with Gasteiger partial charge >= 0.3 is 6.09 Å². The fraction of sp³-hybridized carbons (Fsp3) is 0.100. The molecule has 0 aliphatic rings. The van der Waals surface area contributed by atoms with Crippen LogP contribution in [0.1, 0.15) is 11.1 Å². The van der Waals surface area contributed by atoms with E-state index >= 15 is 0 Å². The molecule has 0 atom stereocenters. The summed E-state index contributed by atoms with van der Waals surface area (Å²) in [6.45, 7) is 1.69. The van der Waals surface area contributed by atoms with Gasteiger partial charge < -0.3 is 5.11 Å². The van der Waals surface area contributed by atoms with Crippen LogP contribution in [0.3, 0.4) is 0 Å². The molecule has 0 saturated carbocycles. The van der Waals surface area contributed by atoms with Crippen molar-refractivity contribution in [3.8, 4) is 0 Å². The number of amides is 1. The Labute approximate surface area is 91.4 Å². The number of hydrogen-bond acceptors (Lipinski definition) is 3. The second-order valence-electron chi connectivity index (χ2n) is 3.05. The van der Waals surface area contributed by atoms with Crippen LogP contribution < -0.4 is 5.32 Å². The van der Waals surface area contributed by atoms with Crippen molar-refractivity contribution in [3.63, 3.8) is 0 Å². The third-order valence-corrected chi connectivity index (χ3v) is 1.99. The van der Waals surface area contributed by atoms with Crippen LogP contribution in [0.15, 0.2) is 24.4 Å². The molecule has 0 radical (unpaired) electrons. The zero-order chi connectivity index (χ0) is 12.1. The maximum absolute atomic E-state index is 10.5. The highest BCUT2D eigenvalue weighted by molar-refractivity contribution is 5.85. The van der Waals surface area contributed by atoms with Gasteiger partial charge in [0.15, 0.2) is 0 Å². The minimum atomic E-state index is -1.17. The van der Waals surface area contributed by atoms with Crippen molar-refractivity contribution in [3.05, 3.63) is 45.6 Å². The zero-order valence-corrected chi connectivity index (χ0v) is 8.51. The third kappa shape index (κ3) is 3.09. The summed E-state index contributed by atoms with van der Waals surface area (Å²) >= 11 is 0. The van der Waals surface area contributed by atoms with Gasteiger partial charge in [-0.05, 0) is 24.1 Å². The first kappa shape index (κ1) is 11.7. The van der Waals surface area contributed by atoms with E-state index in [4.69, 9.17) is 5.11 Å². The number of nitro groups is 1. The van der Waals surface area contributed by atoms with Crippen molar-refractivity contribution < 1.29 is 14.8 Å². The fourth-order valence-corrected chi connectivity index (χ4v) is 1.23. The molecular formula is C10H10N2O4. The van der Waals surface area contributed by atoms with Gasteiger partial charge in [0.25, 0.3) is 0 Å². The lowest BCUT2D eigenvalue weighted by Crippen LogP contribution is -2.08. The molecule has 1 amide bonds. The van der Waals surface area contributed by atoms with E-state index in [0.29, 0.717) is 16.8 Å². The van der Waals surface area contributed by atoms with Gasteiger partial charge in [0.05, 0.1) is 4.92 Å². The van der Waals surface area contributed by atoms with Gasteiger partial charge in [0, 0.05) is 11.8 Å². The SMILES string of the molecule is Cc1c(/C=C/[N+](=O)[O-])cccc1NC(=O)O. The smallest absolute Gasteiger partial charge is 0.409 e. The lowest BCUT2D eigenvalue weighted by molar-refractivity contribution is -0.400. The van der Waals surface area contributed by atoms with Crippen LogP contribution in [-0.2, 0) is 0 Å². The van der Waals surface area contributed by atoms with E-state index in [2.05, 4.69) is 5.32 Å². The topological polar surface area (TPSA) is 92.5 Å². The maximum Gasteiger partial charge on any atom is 0.409 e. The second-order valence-corrected chi connectivity index (χ2v) is 3.05. The summed E-state index contributed by atoms with van der Waals surface area (Å²) < 4.78 is 0. The van der Waals surface area contributed by atoms with E-state index in [0.717, 1.165) is 6.20 Å². The molecule has 0 aromatic heterocycles. The molecule has 0 unspecified atom stereocenters. The number of hydrogen-bond donors (Lipinski definition) is 2. The highest BCUT2D eigenvalue weighted by Crippen LogP contribution is 2.19. The summed E-state index contributed by atoms with van der Waals surface area (Å²) in [5.74, 6) is 0. The second kappa shape index (κ2) is 4.92. The van der Waals surface area contributed by atoms with Gasteiger partial charge in [-0.2, -0.15) is 0 Å². The normalized spacial score (nSPS) is 10.3. The quantitative estimate of drug-likeness (QED) is 0.606. The zero-order valence-electron chi connectivity index (χ0n) is 8.51. The van der Waals surface area contributed by atoms with Gasteiger partial charge in [-0.15, -0.1) is 0 Å². The predicted octanol–water partition coefficient (Wildman–Crippen LogP) is 2.33. The van der Waals surface area contributed by atoms with E-state index in [9.17, 15) is 14.9 Å². The highest BCUT2D eigenvalue weighted by atomic mass is 16.6. The molecule has 0 fully saturated rings. The van der Waals surface area contributed by atoms with Crippen LogP contribution in [0, 0.1) is 17.0 Å². The number of anilines is 1. The third-order valence-electron chi connectivity index (χ3n) is 1.99. The molecule has 0 aliphatic heterocycles. The van der Waals surface area contributed by atoms with Crippen molar-refractivity contribution in [2.75, 3.05) is 5.32 Å². The molecule has 1 aromatic rings. The first-order chi connectivity index (χ1) is 7.50. The summed E-state index contributed by atoms with van der Waals surface area (Å²) in [5.41, 5.74) is 1.66. The number of rotatable bonds is 3. The van der Waals surface area contributed by atoms with Crippen molar-refractivity contribution >= 4 is 17.9 Å². The molecule has 1 rings (SSSR count). The molecule has 0 spiro atoms. The summed E-state index contributed by atoms with van der Waals surface area (Å²) in [5, 5.41) is 20.9. The summed E-state index contributed by atoms with van der Waals surface area (Å²) in [4.78, 5) is 20.0. The van der Waals surface area contributed by atoms with Gasteiger partial charge in [-0.1, -0.05) is 12.1 Å². The van der Waals surface area contributed by atoms with Crippen LogP contribution in [0.25, 0.3) is 6.08 Å². The number of benzene rings is 1. The van der Waals surface area contributed by atoms with Crippen molar-refractivity contribution in [2.45, 2.75) is 6.92 Å². The molecule has 0 bridgehead atoms. The average Bonchev–Trinajstić information content (AvgIpc) is 2.18. The maximum atomic E-state index is 10.5. The number of nitrogens with one attached hydrogen (secondary N) is 1. The Morgan fingerprint density at radius 2 is 2.25 bits per heavy atom. The van der Waals surface area contributed by atoms with Gasteiger partial charge in [0.1, 0.15) is 0 Å². The average molecular weight is 222 g/mol. The van der Waals surface area contributed by atoms with Gasteiger partial charge in [-0.25, -0.2) is 4.79 Å². The summed E-state index contributed by atoms with van der Waals surface area (Å²) in [6.07, 6.45) is 0.966. The predicted molar refractivity (Wildman–Crippen MR) is 58.9 cm³/mol. The molecule has 6 heteroatoms. The molecule has 16 heavy (non-hydrogen) atoms. The number of carbonyl (C=O) groups is 1. The van der Waals surface area contributed by atoms with Gasteiger partial charge in [0.2, 0.25) is 6.20 Å². The summed E-state index contributed by atoms with van der Waals surface area (Å²) in [6, 6.07) is 4.88. The number of carboxylic acid groups (broad SMARTS) is 1. The largest absolute Gasteiger partial charge is 0.465 e. The van der Waals surface area contributed by atoms with Crippen molar-refractivity contribution in [1.29, 1.82) is 0 Å². The van der Waals surface area contributed by atoms with E-state index in [1.54, 1.807) is 25.1 Å². The Hall–Kier alpha value is -2.37.